The second kappa shape index (κ2) is 4.52. The van der Waals surface area contributed by atoms with Crippen molar-refractivity contribution in [3.63, 3.8) is 0 Å². The minimum absolute atomic E-state index is 0.0435. The van der Waals surface area contributed by atoms with E-state index in [0.29, 0.717) is 17.1 Å². The number of anilines is 2. The van der Waals surface area contributed by atoms with Gasteiger partial charge in [-0.15, -0.1) is 0 Å². The van der Waals surface area contributed by atoms with Crippen molar-refractivity contribution in [2.75, 3.05) is 17.2 Å². The molecule has 0 spiro atoms. The molecule has 0 fully saturated rings. The summed E-state index contributed by atoms with van der Waals surface area (Å²) in [4.78, 5) is 21.7. The van der Waals surface area contributed by atoms with Crippen molar-refractivity contribution in [1.29, 1.82) is 0 Å². The molecule has 2 N–H and O–H groups in total. The molecule has 7 heteroatoms. The number of fused-ring (bicyclic) bond motifs is 1. The van der Waals surface area contributed by atoms with E-state index in [1.165, 1.54) is 12.1 Å². The molecule has 0 atom stereocenters. The van der Waals surface area contributed by atoms with Crippen molar-refractivity contribution in [2.45, 2.75) is 19.9 Å². The molecule has 0 saturated heterocycles. The van der Waals surface area contributed by atoms with E-state index < -0.39 is 4.92 Å². The van der Waals surface area contributed by atoms with Crippen LogP contribution in [0, 0.1) is 10.1 Å². The molecule has 7 nitrogen and oxygen atoms in total. The Hall–Kier alpha value is -2.31. The fourth-order valence-corrected chi connectivity index (χ4v) is 1.69. The summed E-state index contributed by atoms with van der Waals surface area (Å²) in [6, 6.07) is 2.88. The Balaban J connectivity index is 2.46. The van der Waals surface area contributed by atoms with E-state index in [1.807, 2.05) is 13.8 Å². The molecule has 1 aromatic rings. The highest BCUT2D eigenvalue weighted by atomic mass is 16.6. The van der Waals surface area contributed by atoms with Gasteiger partial charge >= 0.3 is 0 Å². The maximum atomic E-state index is 11.2. The lowest BCUT2D eigenvalue weighted by Gasteiger charge is -2.19. The Labute approximate surface area is 103 Å². The van der Waals surface area contributed by atoms with E-state index in [9.17, 15) is 14.9 Å². The van der Waals surface area contributed by atoms with Gasteiger partial charge in [-0.25, -0.2) is 0 Å². The van der Waals surface area contributed by atoms with Crippen LogP contribution in [0.3, 0.4) is 0 Å². The molecule has 0 bridgehead atoms. The van der Waals surface area contributed by atoms with Crippen molar-refractivity contribution in [3.05, 3.63) is 22.2 Å². The smallest absolute Gasteiger partial charge is 0.296 e. The van der Waals surface area contributed by atoms with E-state index in [0.717, 1.165) is 0 Å². The van der Waals surface area contributed by atoms with Gasteiger partial charge in [-0.05, 0) is 19.9 Å². The highest BCUT2D eigenvalue weighted by Gasteiger charge is 2.23. The number of nitro benzene ring substituents is 1. The quantitative estimate of drug-likeness (QED) is 0.630. The highest BCUT2D eigenvalue weighted by molar-refractivity contribution is 5.96. The third-order valence-corrected chi connectivity index (χ3v) is 2.37. The molecule has 1 heterocycles. The monoisotopic (exact) mass is 251 g/mol. The summed E-state index contributed by atoms with van der Waals surface area (Å²) in [7, 11) is 0. The molecule has 0 saturated carbocycles. The lowest BCUT2D eigenvalue weighted by Crippen LogP contribution is -2.25. The Morgan fingerprint density at radius 3 is 2.83 bits per heavy atom. The number of carbonyl (C=O) groups is 1. The van der Waals surface area contributed by atoms with Crippen LogP contribution in [0.15, 0.2) is 12.1 Å². The van der Waals surface area contributed by atoms with Crippen molar-refractivity contribution >= 4 is 23.0 Å². The number of nitrogens with zero attached hydrogens (tertiary/aromatic N) is 1. The first-order valence-corrected chi connectivity index (χ1v) is 5.49. The first-order chi connectivity index (χ1) is 8.47. The first kappa shape index (κ1) is 12.2. The van der Waals surface area contributed by atoms with Crippen LogP contribution in [0.5, 0.6) is 5.75 Å². The summed E-state index contributed by atoms with van der Waals surface area (Å²) in [5, 5.41) is 16.6. The molecular formula is C11H13N3O4. The zero-order chi connectivity index (χ0) is 13.3. The van der Waals surface area contributed by atoms with Gasteiger partial charge in [0.2, 0.25) is 0 Å². The van der Waals surface area contributed by atoms with Gasteiger partial charge in [-0.3, -0.25) is 14.9 Å². The molecule has 1 aliphatic rings. The average Bonchev–Trinajstić information content (AvgIpc) is 2.26. The Bertz CT molecular complexity index is 513. The number of hydrogen-bond donors (Lipinski definition) is 2. The van der Waals surface area contributed by atoms with Crippen LogP contribution >= 0.6 is 0 Å². The number of rotatable bonds is 3. The molecule has 0 aliphatic carbocycles. The zero-order valence-electron chi connectivity index (χ0n) is 10.0. The SMILES string of the molecule is CC(C)Nc1cc2c(cc1[N+](=O)[O-])OCC(=O)N2. The van der Waals surface area contributed by atoms with Gasteiger partial charge in [-0.2, -0.15) is 0 Å². The van der Waals surface area contributed by atoms with Gasteiger partial charge in [0, 0.05) is 6.04 Å². The molecule has 18 heavy (non-hydrogen) atoms. The fraction of sp³-hybridized carbons (Fsp3) is 0.364. The zero-order valence-corrected chi connectivity index (χ0v) is 10.0. The molecule has 1 amide bonds. The van der Waals surface area contributed by atoms with Crippen LogP contribution in [0.1, 0.15) is 13.8 Å². The number of carbonyl (C=O) groups excluding carboxylic acids is 1. The van der Waals surface area contributed by atoms with Gasteiger partial charge in [0.05, 0.1) is 16.7 Å². The number of nitrogens with one attached hydrogen (secondary N) is 2. The molecule has 2 rings (SSSR count). The summed E-state index contributed by atoms with van der Waals surface area (Å²) in [6.45, 7) is 3.62. The maximum Gasteiger partial charge on any atom is 0.296 e. The standard InChI is InChI=1S/C11H13N3O4/c1-6(2)12-7-3-8-10(4-9(7)14(16)17)18-5-11(15)13-8/h3-4,6,12H,5H2,1-2H3,(H,13,15). The van der Waals surface area contributed by atoms with E-state index in [-0.39, 0.29) is 24.2 Å². The Morgan fingerprint density at radius 2 is 2.22 bits per heavy atom. The molecular weight excluding hydrogens is 238 g/mol. The maximum absolute atomic E-state index is 11.2. The van der Waals surface area contributed by atoms with Crippen molar-refractivity contribution in [1.82, 2.24) is 0 Å². The molecule has 1 aromatic carbocycles. The third kappa shape index (κ3) is 2.34. The van der Waals surface area contributed by atoms with E-state index in [2.05, 4.69) is 10.6 Å². The van der Waals surface area contributed by atoms with Gasteiger partial charge in [0.15, 0.2) is 12.4 Å². The molecule has 0 unspecified atom stereocenters. The van der Waals surface area contributed by atoms with Crippen LogP contribution in [0.2, 0.25) is 0 Å². The second-order valence-electron chi connectivity index (χ2n) is 4.26. The van der Waals surface area contributed by atoms with Crippen LogP contribution in [0.4, 0.5) is 17.1 Å². The van der Waals surface area contributed by atoms with Crippen LogP contribution < -0.4 is 15.4 Å². The van der Waals surface area contributed by atoms with Gasteiger partial charge in [0.25, 0.3) is 11.6 Å². The van der Waals surface area contributed by atoms with Crippen molar-refractivity contribution < 1.29 is 14.5 Å². The van der Waals surface area contributed by atoms with Gasteiger partial charge in [-0.1, -0.05) is 0 Å². The highest BCUT2D eigenvalue weighted by Crippen LogP contribution is 2.37. The van der Waals surface area contributed by atoms with Crippen LogP contribution in [-0.2, 0) is 4.79 Å². The summed E-state index contributed by atoms with van der Waals surface area (Å²) < 4.78 is 5.14. The fourth-order valence-electron chi connectivity index (χ4n) is 1.69. The van der Waals surface area contributed by atoms with E-state index in [4.69, 9.17) is 4.74 Å². The summed E-state index contributed by atoms with van der Waals surface area (Å²) in [6.07, 6.45) is 0. The number of nitro groups is 1. The van der Waals surface area contributed by atoms with Crippen molar-refractivity contribution in [3.8, 4) is 5.75 Å². The minimum atomic E-state index is -0.481. The summed E-state index contributed by atoms with van der Waals surface area (Å²) in [5.74, 6) is 0.0439. The number of hydrogen-bond acceptors (Lipinski definition) is 5. The lowest BCUT2D eigenvalue weighted by atomic mass is 10.2. The van der Waals surface area contributed by atoms with E-state index >= 15 is 0 Å². The average molecular weight is 251 g/mol. The van der Waals surface area contributed by atoms with Gasteiger partial charge < -0.3 is 15.4 Å². The Morgan fingerprint density at radius 1 is 1.50 bits per heavy atom. The summed E-state index contributed by atoms with van der Waals surface area (Å²) >= 11 is 0. The summed E-state index contributed by atoms with van der Waals surface area (Å²) in [5.41, 5.74) is 0.734. The molecule has 0 aromatic heterocycles. The second-order valence-corrected chi connectivity index (χ2v) is 4.26. The van der Waals surface area contributed by atoms with Gasteiger partial charge in [0.1, 0.15) is 5.69 Å². The molecule has 1 aliphatic heterocycles. The molecule has 0 radical (unpaired) electrons. The topological polar surface area (TPSA) is 93.5 Å². The minimum Gasteiger partial charge on any atom is -0.481 e. The van der Waals surface area contributed by atoms with E-state index in [1.54, 1.807) is 0 Å². The lowest BCUT2D eigenvalue weighted by molar-refractivity contribution is -0.384. The largest absolute Gasteiger partial charge is 0.481 e. The first-order valence-electron chi connectivity index (χ1n) is 5.49. The third-order valence-electron chi connectivity index (χ3n) is 2.37. The number of ether oxygens (including phenoxy) is 1. The predicted octanol–water partition coefficient (Wildman–Crippen LogP) is 1.75. The van der Waals surface area contributed by atoms with Crippen LogP contribution in [-0.4, -0.2) is 23.5 Å². The predicted molar refractivity (Wildman–Crippen MR) is 66.0 cm³/mol. The van der Waals surface area contributed by atoms with Crippen molar-refractivity contribution in [2.24, 2.45) is 0 Å². The number of amides is 1. The Kier molecular flexibility index (Phi) is 3.05. The van der Waals surface area contributed by atoms with Crippen LogP contribution in [0.25, 0.3) is 0 Å². The molecule has 96 valence electrons. The normalized spacial score (nSPS) is 13.6. The number of benzene rings is 1.